The van der Waals surface area contributed by atoms with Gasteiger partial charge in [0.15, 0.2) is 0 Å². The molecule has 17 heavy (non-hydrogen) atoms. The summed E-state index contributed by atoms with van der Waals surface area (Å²) in [5.74, 6) is -1.52. The van der Waals surface area contributed by atoms with Gasteiger partial charge in [0.1, 0.15) is 8.65 Å². The molecule has 0 heterocycles. The van der Waals surface area contributed by atoms with Crippen molar-refractivity contribution in [2.75, 3.05) is 6.66 Å². The second-order valence-electron chi connectivity index (χ2n) is 4.47. The smallest absolute Gasteiger partial charge is 0.382 e. The van der Waals surface area contributed by atoms with Gasteiger partial charge in [-0.05, 0) is 27.7 Å². The first kappa shape index (κ1) is 17.1. The van der Waals surface area contributed by atoms with Crippen LogP contribution in [0.5, 0.6) is 0 Å². The van der Waals surface area contributed by atoms with Crippen LogP contribution in [0.15, 0.2) is 0 Å². The van der Waals surface area contributed by atoms with E-state index < -0.39 is 28.2 Å². The van der Waals surface area contributed by atoms with Crippen LogP contribution in [0, 0.1) is 0 Å². The van der Waals surface area contributed by atoms with Crippen molar-refractivity contribution in [3.63, 3.8) is 0 Å². The van der Waals surface area contributed by atoms with Gasteiger partial charge in [0, 0.05) is 0 Å². The van der Waals surface area contributed by atoms with Crippen molar-refractivity contribution < 1.29 is 23.2 Å². The zero-order valence-electron chi connectivity index (χ0n) is 10.2. The molecule has 0 aromatic carbocycles. The maximum atomic E-state index is 11.8. The summed E-state index contributed by atoms with van der Waals surface area (Å²) < 4.78 is 19.2. The van der Waals surface area contributed by atoms with Gasteiger partial charge >= 0.3 is 19.5 Å². The highest BCUT2D eigenvalue weighted by molar-refractivity contribution is 9.10. The van der Waals surface area contributed by atoms with Crippen LogP contribution in [-0.4, -0.2) is 27.3 Å². The molecule has 0 rings (SSSR count). The Hall–Kier alpha value is 0.130. The highest BCUT2D eigenvalue weighted by Crippen LogP contribution is 2.47. The maximum absolute atomic E-state index is 11.8. The zero-order chi connectivity index (χ0) is 14.1. The third kappa shape index (κ3) is 6.58. The minimum Gasteiger partial charge on any atom is -0.382 e. The van der Waals surface area contributed by atoms with Crippen molar-refractivity contribution in [3.05, 3.63) is 0 Å². The Morgan fingerprint density at radius 1 is 0.941 bits per heavy atom. The second-order valence-corrected chi connectivity index (χ2v) is 10.3. The maximum Gasteiger partial charge on any atom is 0.432 e. The first-order valence-corrected chi connectivity index (χ1v) is 8.27. The molecule has 0 saturated heterocycles. The standard InChI is InChI=1S/C9H15Br2O5P/c1-8(2,10)6(12)15-17(5,14)16-7(13)9(3,4)11/h1-5H3. The number of hydrogen-bond donors (Lipinski definition) is 0. The van der Waals surface area contributed by atoms with E-state index in [1.165, 1.54) is 27.7 Å². The fourth-order valence-electron chi connectivity index (χ4n) is 0.537. The molecule has 0 aliphatic rings. The topological polar surface area (TPSA) is 69.7 Å². The second kappa shape index (κ2) is 5.41. The molecule has 0 amide bonds. The predicted molar refractivity (Wildman–Crippen MR) is 71.7 cm³/mol. The Morgan fingerprint density at radius 2 is 1.18 bits per heavy atom. The molecular formula is C9H15Br2O5P. The summed E-state index contributed by atoms with van der Waals surface area (Å²) in [4.78, 5) is 22.9. The summed E-state index contributed by atoms with van der Waals surface area (Å²) in [6.45, 7) is 7.20. The summed E-state index contributed by atoms with van der Waals surface area (Å²) in [7, 11) is -3.76. The molecule has 8 heteroatoms. The molecule has 0 aliphatic heterocycles. The fourth-order valence-corrected chi connectivity index (χ4v) is 2.05. The fraction of sp³-hybridized carbons (Fsp3) is 0.778. The highest BCUT2D eigenvalue weighted by atomic mass is 79.9. The summed E-state index contributed by atoms with van der Waals surface area (Å²) in [5.41, 5.74) is 0. The molecule has 0 aliphatic carbocycles. The highest BCUT2D eigenvalue weighted by Gasteiger charge is 2.37. The first-order valence-electron chi connectivity index (χ1n) is 4.69. The van der Waals surface area contributed by atoms with E-state index in [-0.39, 0.29) is 0 Å². The van der Waals surface area contributed by atoms with Crippen molar-refractivity contribution >= 4 is 51.4 Å². The Morgan fingerprint density at radius 3 is 1.35 bits per heavy atom. The van der Waals surface area contributed by atoms with Gasteiger partial charge in [-0.25, -0.2) is 4.57 Å². The van der Waals surface area contributed by atoms with Gasteiger partial charge in [0.2, 0.25) is 0 Å². The van der Waals surface area contributed by atoms with Crippen molar-refractivity contribution in [2.45, 2.75) is 36.3 Å². The minimum absolute atomic E-state index is 0.761. The van der Waals surface area contributed by atoms with Gasteiger partial charge in [0.25, 0.3) is 0 Å². The largest absolute Gasteiger partial charge is 0.432 e. The average molecular weight is 394 g/mol. The molecule has 0 N–H and O–H groups in total. The quantitative estimate of drug-likeness (QED) is 0.541. The molecular weight excluding hydrogens is 379 g/mol. The van der Waals surface area contributed by atoms with E-state index in [0.717, 1.165) is 6.66 Å². The molecule has 0 spiro atoms. The van der Waals surface area contributed by atoms with Crippen LogP contribution in [0.1, 0.15) is 27.7 Å². The normalized spacial score (nSPS) is 13.1. The van der Waals surface area contributed by atoms with E-state index in [2.05, 4.69) is 40.9 Å². The molecule has 0 aromatic heterocycles. The molecule has 0 aromatic rings. The van der Waals surface area contributed by atoms with Crippen molar-refractivity contribution in [1.29, 1.82) is 0 Å². The summed E-state index contributed by atoms with van der Waals surface area (Å²) in [6.07, 6.45) is 0. The van der Waals surface area contributed by atoms with Gasteiger partial charge in [-0.1, -0.05) is 31.9 Å². The van der Waals surface area contributed by atoms with Crippen LogP contribution in [0.25, 0.3) is 0 Å². The lowest BCUT2D eigenvalue weighted by Gasteiger charge is -2.21. The van der Waals surface area contributed by atoms with E-state index in [9.17, 15) is 14.2 Å². The number of halogens is 2. The van der Waals surface area contributed by atoms with E-state index in [1.54, 1.807) is 0 Å². The molecule has 0 atom stereocenters. The van der Waals surface area contributed by atoms with Crippen molar-refractivity contribution in [1.82, 2.24) is 0 Å². The number of carbonyl (C=O) groups excluding carboxylic acids is 2. The van der Waals surface area contributed by atoms with Crippen LogP contribution in [-0.2, 0) is 23.2 Å². The van der Waals surface area contributed by atoms with Crippen LogP contribution >= 0.6 is 39.5 Å². The minimum atomic E-state index is -3.76. The van der Waals surface area contributed by atoms with E-state index >= 15 is 0 Å². The summed E-state index contributed by atoms with van der Waals surface area (Å²) in [5, 5.41) is 0. The van der Waals surface area contributed by atoms with Gasteiger partial charge in [-0.15, -0.1) is 0 Å². The monoisotopic (exact) mass is 392 g/mol. The predicted octanol–water partition coefficient (Wildman–Crippen LogP) is 3.24. The van der Waals surface area contributed by atoms with Gasteiger partial charge in [-0.3, -0.25) is 9.59 Å². The van der Waals surface area contributed by atoms with Crippen LogP contribution in [0.4, 0.5) is 0 Å². The van der Waals surface area contributed by atoms with Gasteiger partial charge in [0.05, 0.1) is 6.66 Å². The van der Waals surface area contributed by atoms with Gasteiger partial charge in [-0.2, -0.15) is 0 Å². The molecule has 0 fully saturated rings. The molecule has 5 nitrogen and oxygen atoms in total. The third-order valence-electron chi connectivity index (χ3n) is 1.47. The Bertz CT molecular complexity index is 335. The zero-order valence-corrected chi connectivity index (χ0v) is 14.3. The summed E-state index contributed by atoms with van der Waals surface area (Å²) >= 11 is 6.11. The molecule has 0 radical (unpaired) electrons. The Labute approximate surface area is 117 Å². The third-order valence-corrected chi connectivity index (χ3v) is 3.11. The Balaban J connectivity index is 4.68. The van der Waals surface area contributed by atoms with Crippen molar-refractivity contribution in [2.24, 2.45) is 0 Å². The van der Waals surface area contributed by atoms with Crippen LogP contribution < -0.4 is 0 Å². The SMILES string of the molecule is CC(C)(Br)C(=O)OP(C)(=O)OC(=O)C(C)(C)Br. The van der Waals surface area contributed by atoms with E-state index in [0.29, 0.717) is 0 Å². The number of rotatable bonds is 4. The molecule has 0 bridgehead atoms. The van der Waals surface area contributed by atoms with E-state index in [4.69, 9.17) is 0 Å². The van der Waals surface area contributed by atoms with Crippen LogP contribution in [0.2, 0.25) is 0 Å². The van der Waals surface area contributed by atoms with Crippen LogP contribution in [0.3, 0.4) is 0 Å². The molecule has 0 saturated carbocycles. The molecule has 100 valence electrons. The Kier molecular flexibility index (Phi) is 5.45. The lowest BCUT2D eigenvalue weighted by molar-refractivity contribution is -0.140. The number of hydrogen-bond acceptors (Lipinski definition) is 5. The van der Waals surface area contributed by atoms with Gasteiger partial charge < -0.3 is 9.05 Å². The number of alkyl halides is 2. The average Bonchev–Trinajstić information content (AvgIpc) is 1.97. The lowest BCUT2D eigenvalue weighted by atomic mass is 10.2. The van der Waals surface area contributed by atoms with Crippen molar-refractivity contribution in [3.8, 4) is 0 Å². The van der Waals surface area contributed by atoms with E-state index in [1.807, 2.05) is 0 Å². The summed E-state index contributed by atoms with van der Waals surface area (Å²) in [6, 6.07) is 0. The number of carbonyl (C=O) groups is 2. The first-order chi connectivity index (χ1) is 7.26. The molecule has 0 unspecified atom stereocenters. The lowest BCUT2D eigenvalue weighted by Crippen LogP contribution is -2.29.